The van der Waals surface area contributed by atoms with Gasteiger partial charge in [0.2, 0.25) is 0 Å². The van der Waals surface area contributed by atoms with Crippen molar-refractivity contribution in [3.8, 4) is 0 Å². The number of hydrogen-bond donors (Lipinski definition) is 1. The molecule has 5 rings (SSSR count). The fraction of sp³-hybridized carbons (Fsp3) is 0.857. The van der Waals surface area contributed by atoms with Crippen molar-refractivity contribution in [2.45, 2.75) is 95.1 Å². The highest BCUT2D eigenvalue weighted by atomic mass is 32.2. The number of carbonyl (C=O) groups excluding carboxylic acids is 1. The van der Waals surface area contributed by atoms with Gasteiger partial charge in [-0.15, -0.1) is 0 Å². The van der Waals surface area contributed by atoms with Crippen LogP contribution in [0.4, 0.5) is 0 Å². The van der Waals surface area contributed by atoms with Crippen molar-refractivity contribution < 1.29 is 18.8 Å². The molecule has 196 valence electrons. The molecule has 9 atom stereocenters. The molecule has 35 heavy (non-hydrogen) atoms. The van der Waals surface area contributed by atoms with E-state index in [0.29, 0.717) is 28.6 Å². The van der Waals surface area contributed by atoms with Crippen molar-refractivity contribution in [3.05, 3.63) is 12.4 Å². The van der Waals surface area contributed by atoms with Crippen LogP contribution in [0.3, 0.4) is 0 Å². The standard InChI is InChI=1S/C28H44N2O4S/c1-26(32)12-13-28(18-34-3)19(14-26)6-5-7-21-22-8-9-24(27(22,2)11-10-23(21)28)25(31)17-30-16-20(15-29-30)35(4)33/h15-16,19,21-24,32H,5-14,17-18H2,1-4H3/t19-,21+,22-,23-,24+,26+,27-,28+,35?/m0/s1. The third-order valence-corrected chi connectivity index (χ3v) is 11.8. The molecule has 0 aliphatic heterocycles. The molecule has 4 saturated carbocycles. The number of methoxy groups -OCH3 is 1. The Hall–Kier alpha value is -1.05. The van der Waals surface area contributed by atoms with Crippen molar-refractivity contribution in [2.24, 2.45) is 40.4 Å². The number of nitrogens with zero attached hydrogens (tertiary/aromatic N) is 2. The van der Waals surface area contributed by atoms with Crippen molar-refractivity contribution in [2.75, 3.05) is 20.0 Å². The Kier molecular flexibility index (Phi) is 6.84. The minimum absolute atomic E-state index is 0.0517. The highest BCUT2D eigenvalue weighted by molar-refractivity contribution is 7.84. The molecule has 1 unspecified atom stereocenters. The van der Waals surface area contributed by atoms with E-state index in [9.17, 15) is 14.1 Å². The van der Waals surface area contributed by atoms with E-state index in [2.05, 4.69) is 12.0 Å². The summed E-state index contributed by atoms with van der Waals surface area (Å²) in [5.74, 6) is 2.76. The molecule has 4 aliphatic carbocycles. The molecule has 0 saturated heterocycles. The van der Waals surface area contributed by atoms with Gasteiger partial charge in [0.25, 0.3) is 0 Å². The van der Waals surface area contributed by atoms with Crippen molar-refractivity contribution in [1.29, 1.82) is 0 Å². The van der Waals surface area contributed by atoms with Crippen LogP contribution in [0.2, 0.25) is 0 Å². The molecule has 4 aliphatic rings. The van der Waals surface area contributed by atoms with Crippen LogP contribution in [-0.2, 0) is 26.9 Å². The summed E-state index contributed by atoms with van der Waals surface area (Å²) in [6.07, 6.45) is 15.9. The van der Waals surface area contributed by atoms with E-state index in [1.165, 1.54) is 25.7 Å². The highest BCUT2D eigenvalue weighted by Gasteiger charge is 2.62. The lowest BCUT2D eigenvalue weighted by Crippen LogP contribution is -2.54. The molecule has 1 N–H and O–H groups in total. The van der Waals surface area contributed by atoms with E-state index in [-0.39, 0.29) is 29.1 Å². The summed E-state index contributed by atoms with van der Waals surface area (Å²) in [5, 5.41) is 15.2. The van der Waals surface area contributed by atoms with Crippen LogP contribution in [-0.4, -0.2) is 50.5 Å². The number of hydrogen-bond acceptors (Lipinski definition) is 5. The average molecular weight is 505 g/mol. The van der Waals surface area contributed by atoms with E-state index in [1.807, 2.05) is 14.0 Å². The van der Waals surface area contributed by atoms with Crippen LogP contribution in [0.15, 0.2) is 17.3 Å². The fourth-order valence-corrected chi connectivity index (χ4v) is 9.83. The van der Waals surface area contributed by atoms with E-state index >= 15 is 0 Å². The maximum atomic E-state index is 13.6. The van der Waals surface area contributed by atoms with Gasteiger partial charge in [0, 0.05) is 25.5 Å². The summed E-state index contributed by atoms with van der Waals surface area (Å²) in [4.78, 5) is 14.2. The molecule has 6 nitrogen and oxygen atoms in total. The number of fused-ring (bicyclic) bond motifs is 5. The van der Waals surface area contributed by atoms with E-state index in [1.54, 1.807) is 23.3 Å². The van der Waals surface area contributed by atoms with Crippen LogP contribution >= 0.6 is 0 Å². The molecular formula is C28H44N2O4S. The van der Waals surface area contributed by atoms with Gasteiger partial charge in [-0.2, -0.15) is 5.10 Å². The quantitative estimate of drug-likeness (QED) is 0.612. The molecule has 0 radical (unpaired) electrons. The van der Waals surface area contributed by atoms with Gasteiger partial charge in [0.05, 0.1) is 40.6 Å². The van der Waals surface area contributed by atoms with Gasteiger partial charge in [0.15, 0.2) is 5.78 Å². The minimum Gasteiger partial charge on any atom is -0.390 e. The first-order valence-electron chi connectivity index (χ1n) is 13.7. The van der Waals surface area contributed by atoms with Crippen molar-refractivity contribution in [1.82, 2.24) is 9.78 Å². The Morgan fingerprint density at radius 2 is 1.97 bits per heavy atom. The van der Waals surface area contributed by atoms with E-state index < -0.39 is 16.4 Å². The van der Waals surface area contributed by atoms with Crippen molar-refractivity contribution in [3.63, 3.8) is 0 Å². The van der Waals surface area contributed by atoms with Crippen LogP contribution < -0.4 is 0 Å². The lowest BCUT2D eigenvalue weighted by molar-refractivity contribution is -0.146. The summed E-state index contributed by atoms with van der Waals surface area (Å²) in [5.41, 5.74) is -0.328. The van der Waals surface area contributed by atoms with Crippen LogP contribution in [0.25, 0.3) is 0 Å². The smallest absolute Gasteiger partial charge is 0.157 e. The van der Waals surface area contributed by atoms with Gasteiger partial charge in [-0.1, -0.05) is 13.3 Å². The molecule has 7 heteroatoms. The fourth-order valence-electron chi connectivity index (χ4n) is 9.37. The zero-order valence-electron chi connectivity index (χ0n) is 22.0. The first-order valence-corrected chi connectivity index (χ1v) is 15.3. The maximum Gasteiger partial charge on any atom is 0.157 e. The summed E-state index contributed by atoms with van der Waals surface area (Å²) in [7, 11) is 0.771. The molecule has 1 aromatic rings. The monoisotopic (exact) mass is 504 g/mol. The zero-order valence-corrected chi connectivity index (χ0v) is 22.8. The molecule has 1 aromatic heterocycles. The van der Waals surface area contributed by atoms with Gasteiger partial charge < -0.3 is 9.84 Å². The Morgan fingerprint density at radius 1 is 1.17 bits per heavy atom. The summed E-state index contributed by atoms with van der Waals surface area (Å²) >= 11 is 0. The third-order valence-electron chi connectivity index (χ3n) is 11.0. The SMILES string of the molecule is COC[C@]12CC[C@@](C)(O)C[C@@H]1CCC[C@@H]1[C@@H]3CC[C@H](C(=O)Cn4cc(S(C)=O)cn4)[C@@]3(C)CC[C@@H]12. The number of aliphatic hydroxyl groups is 1. The normalized spacial score (nSPS) is 44.1. The number of ketones is 1. The van der Waals surface area contributed by atoms with Gasteiger partial charge >= 0.3 is 0 Å². The van der Waals surface area contributed by atoms with E-state index in [0.717, 1.165) is 45.1 Å². The predicted molar refractivity (Wildman–Crippen MR) is 136 cm³/mol. The van der Waals surface area contributed by atoms with Gasteiger partial charge in [-0.05, 0) is 99.2 Å². The Labute approximate surface area is 213 Å². The molecule has 0 spiro atoms. The molecule has 0 aromatic carbocycles. The zero-order chi connectivity index (χ0) is 25.0. The van der Waals surface area contributed by atoms with Crippen LogP contribution in [0.1, 0.15) is 78.1 Å². The van der Waals surface area contributed by atoms with E-state index in [4.69, 9.17) is 4.74 Å². The summed E-state index contributed by atoms with van der Waals surface area (Å²) in [6.45, 7) is 5.51. The predicted octanol–water partition coefficient (Wildman–Crippen LogP) is 4.62. The number of Topliss-reactive ketones (excluding diaryl/α,β-unsaturated/α-hetero) is 1. The Balaban J connectivity index is 1.38. The maximum absolute atomic E-state index is 13.6. The van der Waals surface area contributed by atoms with Gasteiger partial charge in [-0.3, -0.25) is 13.7 Å². The molecule has 1 heterocycles. The third kappa shape index (κ3) is 4.37. The second kappa shape index (κ2) is 9.36. The number of aromatic nitrogens is 2. The lowest BCUT2D eigenvalue weighted by atomic mass is 9.48. The second-order valence-electron chi connectivity index (χ2n) is 12.8. The number of ether oxygens (including phenoxy) is 1. The number of carbonyl (C=O) groups is 1. The largest absolute Gasteiger partial charge is 0.390 e. The first-order chi connectivity index (χ1) is 16.6. The second-order valence-corrected chi connectivity index (χ2v) is 14.2. The average Bonchev–Trinajstić information content (AvgIpc) is 3.36. The van der Waals surface area contributed by atoms with Gasteiger partial charge in [-0.25, -0.2) is 0 Å². The summed E-state index contributed by atoms with van der Waals surface area (Å²) < 4.78 is 19.4. The Bertz CT molecular complexity index is 976. The topological polar surface area (TPSA) is 81.4 Å². The van der Waals surface area contributed by atoms with Gasteiger partial charge in [0.1, 0.15) is 0 Å². The molecule has 0 bridgehead atoms. The molecule has 0 amide bonds. The molecular weight excluding hydrogens is 460 g/mol. The lowest BCUT2D eigenvalue weighted by Gasteiger charge is -2.58. The first kappa shape index (κ1) is 25.6. The summed E-state index contributed by atoms with van der Waals surface area (Å²) in [6, 6.07) is 0. The number of rotatable bonds is 6. The minimum atomic E-state index is -1.08. The van der Waals surface area contributed by atoms with Crippen LogP contribution in [0.5, 0.6) is 0 Å². The Morgan fingerprint density at radius 3 is 2.69 bits per heavy atom. The van der Waals surface area contributed by atoms with Crippen LogP contribution in [0, 0.1) is 40.4 Å². The van der Waals surface area contributed by atoms with Crippen molar-refractivity contribution >= 4 is 16.6 Å². The highest BCUT2D eigenvalue weighted by Crippen LogP contribution is 2.67. The molecule has 4 fully saturated rings.